The van der Waals surface area contributed by atoms with Gasteiger partial charge in [-0.3, -0.25) is 4.79 Å². The highest BCUT2D eigenvalue weighted by Crippen LogP contribution is 2.33. The van der Waals surface area contributed by atoms with Crippen molar-refractivity contribution in [1.82, 2.24) is 5.32 Å². The fourth-order valence-electron chi connectivity index (χ4n) is 5.54. The van der Waals surface area contributed by atoms with E-state index >= 15 is 0 Å². The van der Waals surface area contributed by atoms with Gasteiger partial charge in [0.15, 0.2) is 0 Å². The second kappa shape index (κ2) is 15.7. The van der Waals surface area contributed by atoms with Crippen LogP contribution in [0.15, 0.2) is 54.6 Å². The van der Waals surface area contributed by atoms with Crippen molar-refractivity contribution in [2.24, 2.45) is 0 Å². The van der Waals surface area contributed by atoms with Crippen LogP contribution in [0, 0.1) is 18.4 Å². The summed E-state index contributed by atoms with van der Waals surface area (Å²) in [6.07, 6.45) is 15.6. The van der Waals surface area contributed by atoms with Crippen LogP contribution in [0.4, 0.5) is 0 Å². The molecule has 36 heavy (non-hydrogen) atoms. The fourth-order valence-corrected chi connectivity index (χ4v) is 9.83. The Balaban J connectivity index is 1.59. The molecule has 0 radical (unpaired) electrons. The van der Waals surface area contributed by atoms with Gasteiger partial charge in [0.2, 0.25) is 0 Å². The summed E-state index contributed by atoms with van der Waals surface area (Å²) in [5, 5.41) is 3.26. The molecule has 1 atom stereocenters. The molecule has 1 aliphatic heterocycles. The van der Waals surface area contributed by atoms with Gasteiger partial charge in [0.25, 0.3) is 5.91 Å². The van der Waals surface area contributed by atoms with Gasteiger partial charge in [-0.15, -0.1) is 5.54 Å². The number of carbonyl (C=O) groups excluding carboxylic acids is 1. The summed E-state index contributed by atoms with van der Waals surface area (Å²) < 4.78 is 0. The largest absolute Gasteiger partial charge is 0.338 e. The van der Waals surface area contributed by atoms with Crippen molar-refractivity contribution < 1.29 is 4.79 Å². The molecule has 0 aliphatic carbocycles. The fraction of sp³-hybridized carbons (Fsp3) is 0.545. The maximum atomic E-state index is 13.1. The minimum Gasteiger partial charge on any atom is -0.338 e. The topological polar surface area (TPSA) is 29.1 Å². The average Bonchev–Trinajstić information content (AvgIpc) is 2.91. The summed E-state index contributed by atoms with van der Waals surface area (Å²) in [4.78, 5) is 13.1. The molecule has 1 aliphatic rings. The number of benzene rings is 2. The van der Waals surface area contributed by atoms with E-state index in [4.69, 9.17) is 0 Å². The van der Waals surface area contributed by atoms with Crippen molar-refractivity contribution in [2.75, 3.05) is 0 Å². The van der Waals surface area contributed by atoms with Crippen molar-refractivity contribution in [1.29, 1.82) is 0 Å². The predicted octanol–water partition coefficient (Wildman–Crippen LogP) is 8.71. The van der Waals surface area contributed by atoms with Gasteiger partial charge >= 0.3 is 0 Å². The van der Waals surface area contributed by atoms with Crippen LogP contribution in [-0.4, -0.2) is 14.0 Å². The molecule has 1 amide bonds. The smallest absolute Gasteiger partial charge is 0.295 e. The summed E-state index contributed by atoms with van der Waals surface area (Å²) in [5.74, 6) is 3.02. The van der Waals surface area contributed by atoms with Crippen LogP contribution in [0.5, 0.6) is 0 Å². The summed E-state index contributed by atoms with van der Waals surface area (Å²) in [6, 6.07) is 22.7. The first-order valence-corrected chi connectivity index (χ1v) is 17.2. The van der Waals surface area contributed by atoms with Crippen molar-refractivity contribution >= 4 is 14.0 Å². The van der Waals surface area contributed by atoms with Gasteiger partial charge in [0, 0.05) is 0 Å². The van der Waals surface area contributed by atoms with Crippen LogP contribution in [0.2, 0.25) is 18.1 Å². The molecule has 0 saturated carbocycles. The molecule has 1 fully saturated rings. The molecule has 0 spiro atoms. The number of unbranched alkanes of at least 4 members (excludes halogenated alkanes) is 7. The van der Waals surface area contributed by atoms with Crippen LogP contribution >= 0.6 is 0 Å². The van der Waals surface area contributed by atoms with E-state index in [0.29, 0.717) is 0 Å². The lowest BCUT2D eigenvalue weighted by molar-refractivity contribution is -0.116. The first kappa shape index (κ1) is 28.3. The lowest BCUT2D eigenvalue weighted by Gasteiger charge is -2.30. The SMILES string of the molecule is CCCCCCCCCC[Si]1(C#CC(=O)NC(Cc2ccc(C)cc2)c2ccccc2)CCCCC1. The molecule has 2 aromatic carbocycles. The van der Waals surface area contributed by atoms with Gasteiger partial charge in [-0.1, -0.05) is 138 Å². The number of amides is 1. The van der Waals surface area contributed by atoms with E-state index in [1.165, 1.54) is 99.9 Å². The van der Waals surface area contributed by atoms with Crippen molar-refractivity contribution in [2.45, 2.75) is 115 Å². The van der Waals surface area contributed by atoms with E-state index < -0.39 is 8.07 Å². The van der Waals surface area contributed by atoms with Crippen LogP contribution in [-0.2, 0) is 11.2 Å². The number of nitrogens with one attached hydrogen (secondary N) is 1. The molecule has 2 nitrogen and oxygen atoms in total. The van der Waals surface area contributed by atoms with Crippen molar-refractivity contribution in [3.05, 3.63) is 71.3 Å². The summed E-state index contributed by atoms with van der Waals surface area (Å²) in [5.41, 5.74) is 7.28. The summed E-state index contributed by atoms with van der Waals surface area (Å²) in [6.45, 7) is 4.38. The van der Waals surface area contributed by atoms with E-state index in [-0.39, 0.29) is 11.9 Å². The molecule has 1 unspecified atom stereocenters. The molecule has 194 valence electrons. The Labute approximate surface area is 221 Å². The summed E-state index contributed by atoms with van der Waals surface area (Å²) >= 11 is 0. The average molecular weight is 502 g/mol. The molecule has 3 heteroatoms. The molecule has 2 aromatic rings. The Kier molecular flexibility index (Phi) is 12.3. The van der Waals surface area contributed by atoms with E-state index in [1.807, 2.05) is 18.2 Å². The standard InChI is InChI=1S/C33H47NOSi/c1-3-4-5-6-7-8-9-14-24-36(25-15-11-16-26-36)27-23-33(35)34-32(31-17-12-10-13-18-31)28-30-21-19-29(2)20-22-30/h10,12-13,17-22,32H,3-9,11,14-16,24-26,28H2,1-2H3,(H,34,35). The Morgan fingerprint density at radius 2 is 1.50 bits per heavy atom. The number of rotatable bonds is 13. The van der Waals surface area contributed by atoms with Gasteiger partial charge in [0.1, 0.15) is 8.07 Å². The number of carbonyl (C=O) groups is 1. The minimum absolute atomic E-state index is 0.0626. The van der Waals surface area contributed by atoms with Crippen LogP contribution in [0.1, 0.15) is 100 Å². The molecule has 0 aromatic heterocycles. The molecule has 0 bridgehead atoms. The number of hydrogen-bond acceptors (Lipinski definition) is 1. The number of hydrogen-bond donors (Lipinski definition) is 1. The van der Waals surface area contributed by atoms with Gasteiger partial charge in [-0.2, -0.15) is 0 Å². The predicted molar refractivity (Wildman–Crippen MR) is 157 cm³/mol. The maximum Gasteiger partial charge on any atom is 0.295 e. The first-order chi connectivity index (χ1) is 17.6. The zero-order valence-electron chi connectivity index (χ0n) is 22.8. The van der Waals surface area contributed by atoms with Gasteiger partial charge < -0.3 is 5.32 Å². The van der Waals surface area contributed by atoms with Gasteiger partial charge in [0.05, 0.1) is 6.04 Å². The Morgan fingerprint density at radius 3 is 2.17 bits per heavy atom. The van der Waals surface area contributed by atoms with Crippen LogP contribution in [0.25, 0.3) is 0 Å². The Bertz CT molecular complexity index is 951. The highest BCUT2D eigenvalue weighted by atomic mass is 28.3. The second-order valence-corrected chi connectivity index (χ2v) is 15.3. The molecular formula is C33H47NOSi. The van der Waals surface area contributed by atoms with Crippen molar-refractivity contribution in [3.63, 3.8) is 0 Å². The zero-order valence-corrected chi connectivity index (χ0v) is 23.8. The number of aryl methyl sites for hydroxylation is 1. The van der Waals surface area contributed by atoms with E-state index in [2.05, 4.69) is 67.0 Å². The molecule has 3 rings (SSSR count). The van der Waals surface area contributed by atoms with Crippen molar-refractivity contribution in [3.8, 4) is 11.5 Å². The molecule has 1 saturated heterocycles. The Hall–Kier alpha value is -2.31. The normalized spacial score (nSPS) is 15.5. The highest BCUT2D eigenvalue weighted by molar-refractivity contribution is 6.87. The first-order valence-electron chi connectivity index (χ1n) is 14.5. The summed E-state index contributed by atoms with van der Waals surface area (Å²) in [7, 11) is -1.66. The maximum absolute atomic E-state index is 13.1. The third-order valence-electron chi connectivity index (χ3n) is 7.83. The zero-order chi connectivity index (χ0) is 25.5. The molecular weight excluding hydrogens is 454 g/mol. The lowest BCUT2D eigenvalue weighted by Crippen LogP contribution is -2.36. The van der Waals surface area contributed by atoms with E-state index in [0.717, 1.165) is 12.0 Å². The Morgan fingerprint density at radius 1 is 0.861 bits per heavy atom. The minimum atomic E-state index is -1.66. The third kappa shape index (κ3) is 9.98. The van der Waals surface area contributed by atoms with Gasteiger partial charge in [-0.05, 0) is 48.5 Å². The van der Waals surface area contributed by atoms with Crippen LogP contribution in [0.3, 0.4) is 0 Å². The quantitative estimate of drug-likeness (QED) is 0.166. The van der Waals surface area contributed by atoms with Gasteiger partial charge in [-0.25, -0.2) is 0 Å². The lowest BCUT2D eigenvalue weighted by atomic mass is 9.98. The monoisotopic (exact) mass is 501 g/mol. The van der Waals surface area contributed by atoms with E-state index in [1.54, 1.807) is 0 Å². The highest BCUT2D eigenvalue weighted by Gasteiger charge is 2.32. The van der Waals surface area contributed by atoms with E-state index in [9.17, 15) is 4.79 Å². The van der Waals surface area contributed by atoms with Crippen LogP contribution < -0.4 is 5.32 Å². The third-order valence-corrected chi connectivity index (χ3v) is 12.4. The molecule has 1 heterocycles. The molecule has 1 N–H and O–H groups in total. The second-order valence-electron chi connectivity index (χ2n) is 10.9.